The number of hydrogen-bond acceptors (Lipinski definition) is 3. The zero-order valence-electron chi connectivity index (χ0n) is 11.2. The number of rotatable bonds is 6. The van der Waals surface area contributed by atoms with Crippen molar-refractivity contribution in [3.05, 3.63) is 0 Å². The molecule has 0 aromatic carbocycles. The molecule has 0 aromatic rings. The lowest BCUT2D eigenvalue weighted by atomic mass is 9.97. The van der Waals surface area contributed by atoms with Crippen LogP contribution in [0.2, 0.25) is 0 Å². The fraction of sp³-hybridized carbons (Fsp3) is 0.846. The Kier molecular flexibility index (Phi) is 5.59. The topological polar surface area (TPSA) is 92.4 Å². The third-order valence-corrected chi connectivity index (χ3v) is 3.47. The van der Waals surface area contributed by atoms with Gasteiger partial charge in [-0.2, -0.15) is 0 Å². The maximum absolute atomic E-state index is 11.8. The first-order valence-electron chi connectivity index (χ1n) is 6.66. The quantitative estimate of drug-likeness (QED) is 0.660. The Morgan fingerprint density at radius 1 is 1.39 bits per heavy atom. The van der Waals surface area contributed by atoms with Crippen molar-refractivity contribution in [3.8, 4) is 0 Å². The molecule has 5 heteroatoms. The van der Waals surface area contributed by atoms with Crippen LogP contribution in [-0.4, -0.2) is 29.6 Å². The minimum absolute atomic E-state index is 0.0338. The zero-order valence-corrected chi connectivity index (χ0v) is 11.2. The number of carboxylic acid groups (broad SMARTS) is 1. The first-order valence-corrected chi connectivity index (χ1v) is 6.66. The van der Waals surface area contributed by atoms with Gasteiger partial charge in [-0.15, -0.1) is 0 Å². The molecule has 1 aliphatic rings. The van der Waals surface area contributed by atoms with Gasteiger partial charge >= 0.3 is 5.97 Å². The minimum atomic E-state index is -0.841. The SMILES string of the molecule is CC(C)CC(CNC(=O)C1CCC(N)C1)C(=O)O. The van der Waals surface area contributed by atoms with Crippen LogP contribution in [0.5, 0.6) is 0 Å². The monoisotopic (exact) mass is 256 g/mol. The highest BCUT2D eigenvalue weighted by Crippen LogP contribution is 2.24. The van der Waals surface area contributed by atoms with E-state index in [1.165, 1.54) is 0 Å². The van der Waals surface area contributed by atoms with Gasteiger partial charge in [-0.3, -0.25) is 9.59 Å². The lowest BCUT2D eigenvalue weighted by Crippen LogP contribution is -2.37. The van der Waals surface area contributed by atoms with Crippen molar-refractivity contribution in [2.24, 2.45) is 23.5 Å². The average molecular weight is 256 g/mol. The number of hydrogen-bond donors (Lipinski definition) is 3. The summed E-state index contributed by atoms with van der Waals surface area (Å²) < 4.78 is 0. The molecule has 5 nitrogen and oxygen atoms in total. The molecule has 0 heterocycles. The van der Waals surface area contributed by atoms with Crippen LogP contribution in [0.3, 0.4) is 0 Å². The van der Waals surface area contributed by atoms with Gasteiger partial charge in [0.25, 0.3) is 0 Å². The minimum Gasteiger partial charge on any atom is -0.481 e. The lowest BCUT2D eigenvalue weighted by molar-refractivity contribution is -0.142. The third-order valence-electron chi connectivity index (χ3n) is 3.47. The predicted molar refractivity (Wildman–Crippen MR) is 68.9 cm³/mol. The van der Waals surface area contributed by atoms with Crippen molar-refractivity contribution in [1.82, 2.24) is 5.32 Å². The Morgan fingerprint density at radius 3 is 2.50 bits per heavy atom. The summed E-state index contributed by atoms with van der Waals surface area (Å²) in [6.07, 6.45) is 2.99. The van der Waals surface area contributed by atoms with E-state index >= 15 is 0 Å². The van der Waals surface area contributed by atoms with Crippen LogP contribution in [0.25, 0.3) is 0 Å². The molecule has 0 saturated heterocycles. The first-order chi connectivity index (χ1) is 8.40. The number of nitrogens with two attached hydrogens (primary N) is 1. The summed E-state index contributed by atoms with van der Waals surface area (Å²) >= 11 is 0. The molecule has 1 aliphatic carbocycles. The van der Waals surface area contributed by atoms with E-state index < -0.39 is 11.9 Å². The Morgan fingerprint density at radius 2 is 2.06 bits per heavy atom. The van der Waals surface area contributed by atoms with Gasteiger partial charge in [0.1, 0.15) is 0 Å². The van der Waals surface area contributed by atoms with E-state index in [1.54, 1.807) is 0 Å². The van der Waals surface area contributed by atoms with Crippen molar-refractivity contribution < 1.29 is 14.7 Å². The van der Waals surface area contributed by atoms with Crippen molar-refractivity contribution in [3.63, 3.8) is 0 Å². The molecule has 0 bridgehead atoms. The van der Waals surface area contributed by atoms with Gasteiger partial charge in [-0.25, -0.2) is 0 Å². The third kappa shape index (κ3) is 4.64. The van der Waals surface area contributed by atoms with E-state index in [2.05, 4.69) is 5.32 Å². The fourth-order valence-corrected chi connectivity index (χ4v) is 2.46. The van der Waals surface area contributed by atoms with Gasteiger partial charge in [-0.1, -0.05) is 13.8 Å². The summed E-state index contributed by atoms with van der Waals surface area (Å²) in [5, 5.41) is 11.8. The second-order valence-corrected chi connectivity index (χ2v) is 5.68. The van der Waals surface area contributed by atoms with E-state index in [9.17, 15) is 9.59 Å². The summed E-state index contributed by atoms with van der Waals surface area (Å²) in [4.78, 5) is 22.9. The average Bonchev–Trinajstić information content (AvgIpc) is 2.69. The lowest BCUT2D eigenvalue weighted by Gasteiger charge is -2.17. The molecule has 104 valence electrons. The van der Waals surface area contributed by atoms with Crippen molar-refractivity contribution >= 4 is 11.9 Å². The molecule has 4 N–H and O–H groups in total. The number of carboxylic acids is 1. The summed E-state index contributed by atoms with van der Waals surface area (Å²) in [5.41, 5.74) is 5.76. The van der Waals surface area contributed by atoms with Gasteiger partial charge in [0.15, 0.2) is 0 Å². The molecular formula is C13H24N2O3. The summed E-state index contributed by atoms with van der Waals surface area (Å²) in [6.45, 7) is 4.18. The van der Waals surface area contributed by atoms with Crippen LogP contribution in [0.15, 0.2) is 0 Å². The summed E-state index contributed by atoms with van der Waals surface area (Å²) in [6, 6.07) is 0.117. The largest absolute Gasteiger partial charge is 0.481 e. The van der Waals surface area contributed by atoms with Crippen LogP contribution in [0.1, 0.15) is 39.5 Å². The number of nitrogens with one attached hydrogen (secondary N) is 1. The normalized spacial score (nSPS) is 25.1. The van der Waals surface area contributed by atoms with E-state index in [1.807, 2.05) is 13.8 Å². The van der Waals surface area contributed by atoms with E-state index in [0.29, 0.717) is 18.8 Å². The van der Waals surface area contributed by atoms with Crippen molar-refractivity contribution in [2.45, 2.75) is 45.6 Å². The van der Waals surface area contributed by atoms with Gasteiger partial charge in [0.05, 0.1) is 5.92 Å². The van der Waals surface area contributed by atoms with E-state index in [4.69, 9.17) is 10.8 Å². The Balaban J connectivity index is 2.37. The van der Waals surface area contributed by atoms with E-state index in [-0.39, 0.29) is 24.4 Å². The second-order valence-electron chi connectivity index (χ2n) is 5.68. The van der Waals surface area contributed by atoms with Gasteiger partial charge in [-0.05, 0) is 31.6 Å². The smallest absolute Gasteiger partial charge is 0.308 e. The molecule has 1 rings (SSSR count). The molecule has 0 radical (unpaired) electrons. The summed E-state index contributed by atoms with van der Waals surface area (Å²) in [7, 11) is 0. The zero-order chi connectivity index (χ0) is 13.7. The number of carbonyl (C=O) groups excluding carboxylic acids is 1. The van der Waals surface area contributed by atoms with Crippen LogP contribution in [0, 0.1) is 17.8 Å². The van der Waals surface area contributed by atoms with Crippen LogP contribution in [0.4, 0.5) is 0 Å². The number of aliphatic carboxylic acids is 1. The Bertz CT molecular complexity index is 305. The Hall–Kier alpha value is -1.10. The molecule has 1 amide bonds. The molecule has 18 heavy (non-hydrogen) atoms. The molecule has 0 aromatic heterocycles. The van der Waals surface area contributed by atoms with Gasteiger partial charge in [0.2, 0.25) is 5.91 Å². The number of carbonyl (C=O) groups is 2. The molecule has 3 unspecified atom stereocenters. The van der Waals surface area contributed by atoms with Crippen molar-refractivity contribution in [2.75, 3.05) is 6.54 Å². The molecule has 0 spiro atoms. The maximum Gasteiger partial charge on any atom is 0.308 e. The van der Waals surface area contributed by atoms with E-state index in [0.717, 1.165) is 12.8 Å². The highest BCUT2D eigenvalue weighted by molar-refractivity contribution is 5.80. The highest BCUT2D eigenvalue weighted by Gasteiger charge is 2.28. The molecule has 0 aliphatic heterocycles. The van der Waals surface area contributed by atoms with Crippen LogP contribution >= 0.6 is 0 Å². The maximum atomic E-state index is 11.8. The Labute approximate surface area is 108 Å². The highest BCUT2D eigenvalue weighted by atomic mass is 16.4. The molecular weight excluding hydrogens is 232 g/mol. The second kappa shape index (κ2) is 6.73. The summed E-state index contributed by atoms with van der Waals surface area (Å²) in [5.74, 6) is -1.11. The number of amides is 1. The van der Waals surface area contributed by atoms with Crippen LogP contribution in [-0.2, 0) is 9.59 Å². The van der Waals surface area contributed by atoms with Crippen molar-refractivity contribution in [1.29, 1.82) is 0 Å². The fourth-order valence-electron chi connectivity index (χ4n) is 2.46. The molecule has 1 saturated carbocycles. The first kappa shape index (κ1) is 15.0. The van der Waals surface area contributed by atoms with Crippen LogP contribution < -0.4 is 11.1 Å². The van der Waals surface area contributed by atoms with Gasteiger partial charge < -0.3 is 16.2 Å². The predicted octanol–water partition coefficient (Wildman–Crippen LogP) is 0.977. The standard InChI is InChI=1S/C13H24N2O3/c1-8(2)5-10(13(17)18)7-15-12(16)9-3-4-11(14)6-9/h8-11H,3-7,14H2,1-2H3,(H,15,16)(H,17,18). The molecule has 1 fully saturated rings. The van der Waals surface area contributed by atoms with Gasteiger partial charge in [0, 0.05) is 18.5 Å². The molecule has 3 atom stereocenters.